The molecule has 0 atom stereocenters. The number of benzene rings is 3. The number of nitrogens with one attached hydrogen (secondary N) is 1. The van der Waals surface area contributed by atoms with Crippen LogP contribution >= 0.6 is 27.5 Å². The molecular formula is C24H22BrClN2O3. The maximum absolute atomic E-state index is 12.2. The number of hydrazone groups is 1. The monoisotopic (exact) mass is 500 g/mol. The first-order valence-corrected chi connectivity index (χ1v) is 10.9. The zero-order valence-corrected chi connectivity index (χ0v) is 19.5. The SMILES string of the molecule is CCOc1cc(/C=N\NC(=O)c2ccc(Cl)cc2)c(Br)cc1OCc1cccc(C)c1. The number of carbonyl (C=O) groups excluding carboxylic acids is 1. The fourth-order valence-corrected chi connectivity index (χ4v) is 3.37. The summed E-state index contributed by atoms with van der Waals surface area (Å²) in [5.74, 6) is 0.897. The second kappa shape index (κ2) is 11.0. The van der Waals surface area contributed by atoms with Crippen molar-refractivity contribution in [2.75, 3.05) is 6.61 Å². The number of rotatable bonds is 8. The third-order valence-corrected chi connectivity index (χ3v) is 5.25. The summed E-state index contributed by atoms with van der Waals surface area (Å²) in [7, 11) is 0. The Balaban J connectivity index is 1.72. The van der Waals surface area contributed by atoms with E-state index in [0.29, 0.717) is 35.3 Å². The Hall–Kier alpha value is -2.83. The molecule has 0 aliphatic carbocycles. The molecule has 1 N–H and O–H groups in total. The Morgan fingerprint density at radius 2 is 1.84 bits per heavy atom. The quantitative estimate of drug-likeness (QED) is 0.297. The summed E-state index contributed by atoms with van der Waals surface area (Å²) in [6, 6.07) is 18.4. The first-order valence-electron chi connectivity index (χ1n) is 9.70. The first kappa shape index (κ1) is 22.8. The number of carbonyl (C=O) groups is 1. The molecule has 5 nitrogen and oxygen atoms in total. The largest absolute Gasteiger partial charge is 0.490 e. The lowest BCUT2D eigenvalue weighted by Gasteiger charge is -2.14. The van der Waals surface area contributed by atoms with Gasteiger partial charge in [0.05, 0.1) is 12.8 Å². The van der Waals surface area contributed by atoms with Gasteiger partial charge in [0.1, 0.15) is 6.61 Å². The predicted molar refractivity (Wildman–Crippen MR) is 127 cm³/mol. The predicted octanol–water partition coefficient (Wildman–Crippen LogP) is 6.15. The van der Waals surface area contributed by atoms with Crippen molar-refractivity contribution in [3.05, 3.63) is 92.4 Å². The van der Waals surface area contributed by atoms with Crippen LogP contribution in [-0.2, 0) is 6.61 Å². The average molecular weight is 502 g/mol. The van der Waals surface area contributed by atoms with Gasteiger partial charge in [-0.25, -0.2) is 5.43 Å². The molecule has 0 bridgehead atoms. The van der Waals surface area contributed by atoms with Crippen LogP contribution in [0.2, 0.25) is 5.02 Å². The molecule has 0 unspecified atom stereocenters. The third-order valence-electron chi connectivity index (χ3n) is 4.32. The Morgan fingerprint density at radius 1 is 1.10 bits per heavy atom. The van der Waals surface area contributed by atoms with E-state index in [-0.39, 0.29) is 5.91 Å². The molecule has 0 aliphatic rings. The molecule has 0 fully saturated rings. The van der Waals surface area contributed by atoms with Gasteiger partial charge in [0.2, 0.25) is 0 Å². The highest BCUT2D eigenvalue weighted by molar-refractivity contribution is 9.10. The van der Waals surface area contributed by atoms with Crippen molar-refractivity contribution in [3.8, 4) is 11.5 Å². The minimum Gasteiger partial charge on any atom is -0.490 e. The minimum atomic E-state index is -0.327. The number of amides is 1. The summed E-state index contributed by atoms with van der Waals surface area (Å²) in [6.07, 6.45) is 1.55. The second-order valence-corrected chi connectivity index (χ2v) is 8.03. The molecule has 3 aromatic carbocycles. The highest BCUT2D eigenvalue weighted by atomic mass is 79.9. The van der Waals surface area contributed by atoms with Gasteiger partial charge in [-0.2, -0.15) is 5.10 Å². The van der Waals surface area contributed by atoms with E-state index in [4.69, 9.17) is 21.1 Å². The summed E-state index contributed by atoms with van der Waals surface area (Å²) in [4.78, 5) is 12.2. The Labute approximate surface area is 195 Å². The van der Waals surface area contributed by atoms with Gasteiger partial charge in [-0.15, -0.1) is 0 Å². The van der Waals surface area contributed by atoms with Crippen molar-refractivity contribution in [2.45, 2.75) is 20.5 Å². The summed E-state index contributed by atoms with van der Waals surface area (Å²) in [5, 5.41) is 4.62. The summed E-state index contributed by atoms with van der Waals surface area (Å²) in [6.45, 7) is 4.88. The molecule has 3 aromatic rings. The molecule has 0 heterocycles. The zero-order valence-electron chi connectivity index (χ0n) is 17.2. The first-order chi connectivity index (χ1) is 15.0. The van der Waals surface area contributed by atoms with Crippen LogP contribution in [0.5, 0.6) is 11.5 Å². The van der Waals surface area contributed by atoms with E-state index in [1.165, 1.54) is 5.56 Å². The number of hydrogen-bond acceptors (Lipinski definition) is 4. The number of hydrogen-bond donors (Lipinski definition) is 1. The fraction of sp³-hybridized carbons (Fsp3) is 0.167. The Kier molecular flexibility index (Phi) is 8.09. The Morgan fingerprint density at radius 3 is 2.55 bits per heavy atom. The zero-order chi connectivity index (χ0) is 22.2. The van der Waals surface area contributed by atoms with Crippen LogP contribution in [0.25, 0.3) is 0 Å². The van der Waals surface area contributed by atoms with Crippen LogP contribution in [0.3, 0.4) is 0 Å². The molecule has 1 amide bonds. The van der Waals surface area contributed by atoms with Gasteiger partial charge >= 0.3 is 0 Å². The Bertz CT molecular complexity index is 1080. The summed E-state index contributed by atoms with van der Waals surface area (Å²) >= 11 is 9.38. The highest BCUT2D eigenvalue weighted by Crippen LogP contribution is 2.34. The summed E-state index contributed by atoms with van der Waals surface area (Å²) < 4.78 is 12.5. The van der Waals surface area contributed by atoms with Gasteiger partial charge in [0, 0.05) is 20.6 Å². The van der Waals surface area contributed by atoms with Crippen LogP contribution in [0.15, 0.2) is 70.2 Å². The minimum absolute atomic E-state index is 0.327. The number of aryl methyl sites for hydroxylation is 1. The maximum atomic E-state index is 12.2. The normalized spacial score (nSPS) is 10.8. The van der Waals surface area contributed by atoms with E-state index in [0.717, 1.165) is 15.6 Å². The van der Waals surface area contributed by atoms with Gasteiger partial charge in [-0.1, -0.05) is 41.4 Å². The molecule has 160 valence electrons. The molecule has 0 aliphatic heterocycles. The van der Waals surface area contributed by atoms with E-state index in [9.17, 15) is 4.79 Å². The van der Waals surface area contributed by atoms with Crippen LogP contribution < -0.4 is 14.9 Å². The van der Waals surface area contributed by atoms with Crippen molar-refractivity contribution in [2.24, 2.45) is 5.10 Å². The lowest BCUT2D eigenvalue weighted by atomic mass is 10.1. The third kappa shape index (κ3) is 6.57. The molecule has 0 saturated heterocycles. The van der Waals surface area contributed by atoms with E-state index >= 15 is 0 Å². The molecule has 31 heavy (non-hydrogen) atoms. The van der Waals surface area contributed by atoms with E-state index in [1.807, 2.05) is 44.2 Å². The molecular weight excluding hydrogens is 480 g/mol. The number of nitrogens with zero attached hydrogens (tertiary/aromatic N) is 1. The van der Waals surface area contributed by atoms with Crippen LogP contribution in [0, 0.1) is 6.92 Å². The number of halogens is 2. The topological polar surface area (TPSA) is 59.9 Å². The van der Waals surface area contributed by atoms with Gasteiger partial charge < -0.3 is 9.47 Å². The van der Waals surface area contributed by atoms with Crippen molar-refractivity contribution in [1.29, 1.82) is 0 Å². The molecule has 0 spiro atoms. The average Bonchev–Trinajstić information content (AvgIpc) is 2.75. The van der Waals surface area contributed by atoms with E-state index in [2.05, 4.69) is 32.5 Å². The molecule has 7 heteroatoms. The van der Waals surface area contributed by atoms with E-state index < -0.39 is 0 Å². The molecule has 3 rings (SSSR count). The van der Waals surface area contributed by atoms with Crippen LogP contribution in [-0.4, -0.2) is 18.7 Å². The van der Waals surface area contributed by atoms with Gasteiger partial charge in [0.15, 0.2) is 11.5 Å². The smallest absolute Gasteiger partial charge is 0.271 e. The summed E-state index contributed by atoms with van der Waals surface area (Å²) in [5.41, 5.74) is 5.97. The molecule has 0 saturated carbocycles. The van der Waals surface area contributed by atoms with E-state index in [1.54, 1.807) is 30.5 Å². The van der Waals surface area contributed by atoms with Crippen molar-refractivity contribution in [1.82, 2.24) is 5.43 Å². The number of ether oxygens (including phenoxy) is 2. The highest BCUT2D eigenvalue weighted by Gasteiger charge is 2.11. The van der Waals surface area contributed by atoms with Gasteiger partial charge in [-0.05, 0) is 71.7 Å². The van der Waals surface area contributed by atoms with Crippen molar-refractivity contribution < 1.29 is 14.3 Å². The lowest BCUT2D eigenvalue weighted by Crippen LogP contribution is -2.17. The van der Waals surface area contributed by atoms with Gasteiger partial charge in [-0.3, -0.25) is 4.79 Å². The molecule has 0 aromatic heterocycles. The van der Waals surface area contributed by atoms with Crippen molar-refractivity contribution in [3.63, 3.8) is 0 Å². The molecule has 0 radical (unpaired) electrons. The second-order valence-electron chi connectivity index (χ2n) is 6.74. The maximum Gasteiger partial charge on any atom is 0.271 e. The van der Waals surface area contributed by atoms with Gasteiger partial charge in [0.25, 0.3) is 5.91 Å². The lowest BCUT2D eigenvalue weighted by molar-refractivity contribution is 0.0955. The van der Waals surface area contributed by atoms with Crippen molar-refractivity contribution >= 4 is 39.7 Å². The van der Waals surface area contributed by atoms with Crippen LogP contribution in [0.4, 0.5) is 0 Å². The fourth-order valence-electron chi connectivity index (χ4n) is 2.82. The van der Waals surface area contributed by atoms with Crippen LogP contribution in [0.1, 0.15) is 34.0 Å². The standard InChI is InChI=1S/C24H22BrClN2O3/c1-3-30-22-12-19(14-27-28-24(29)18-7-9-20(26)10-8-18)21(25)13-23(22)31-15-17-6-4-5-16(2)11-17/h4-14H,3,15H2,1-2H3,(H,28,29)/b27-14-.